The van der Waals surface area contributed by atoms with Gasteiger partial charge in [-0.15, -0.1) is 0 Å². The summed E-state index contributed by atoms with van der Waals surface area (Å²) in [6, 6.07) is 8.50. The van der Waals surface area contributed by atoms with Gasteiger partial charge >= 0.3 is 0 Å². The van der Waals surface area contributed by atoms with Crippen molar-refractivity contribution < 1.29 is 13.3 Å². The maximum Gasteiger partial charge on any atom is 0.270 e. The lowest BCUT2D eigenvalue weighted by Crippen LogP contribution is -2.25. The molecular formula is C14H11ClN2O4S. The van der Waals surface area contributed by atoms with E-state index in [1.807, 2.05) is 6.92 Å². The van der Waals surface area contributed by atoms with Gasteiger partial charge in [-0.3, -0.25) is 10.1 Å². The lowest BCUT2D eigenvalue weighted by Gasteiger charge is -2.31. The highest BCUT2D eigenvalue weighted by Crippen LogP contribution is 2.45. The number of nitro benzene ring substituents is 1. The van der Waals surface area contributed by atoms with Gasteiger partial charge in [-0.25, -0.2) is 8.42 Å². The normalized spacial score (nSPS) is 15.1. The minimum atomic E-state index is -3.85. The summed E-state index contributed by atoms with van der Waals surface area (Å²) in [5.74, 6) is 0. The summed E-state index contributed by atoms with van der Waals surface area (Å²) < 4.78 is 25.6. The molecule has 3 rings (SSSR count). The maximum atomic E-state index is 12.8. The van der Waals surface area contributed by atoms with Crippen LogP contribution in [-0.2, 0) is 9.84 Å². The first kappa shape index (κ1) is 14.8. The second kappa shape index (κ2) is 4.96. The van der Waals surface area contributed by atoms with Crippen LogP contribution < -0.4 is 4.90 Å². The number of hydrogen-bond acceptors (Lipinski definition) is 5. The van der Waals surface area contributed by atoms with Crippen molar-refractivity contribution in [1.29, 1.82) is 0 Å². The molecule has 6 nitrogen and oxygen atoms in total. The summed E-state index contributed by atoms with van der Waals surface area (Å²) in [5.41, 5.74) is 0.694. The molecule has 1 heterocycles. The van der Waals surface area contributed by atoms with Gasteiger partial charge in [0, 0.05) is 23.7 Å². The van der Waals surface area contributed by atoms with Gasteiger partial charge in [0.15, 0.2) is 0 Å². The Morgan fingerprint density at radius 3 is 2.32 bits per heavy atom. The average molecular weight is 339 g/mol. The fourth-order valence-electron chi connectivity index (χ4n) is 2.57. The third kappa shape index (κ3) is 2.05. The zero-order valence-electron chi connectivity index (χ0n) is 11.5. The Labute approximate surface area is 132 Å². The summed E-state index contributed by atoms with van der Waals surface area (Å²) in [4.78, 5) is 12.1. The van der Waals surface area contributed by atoms with Crippen LogP contribution in [0, 0.1) is 10.1 Å². The molecule has 2 aromatic rings. The quantitative estimate of drug-likeness (QED) is 0.618. The van der Waals surface area contributed by atoms with E-state index in [1.165, 1.54) is 18.2 Å². The highest BCUT2D eigenvalue weighted by atomic mass is 35.5. The lowest BCUT2D eigenvalue weighted by atomic mass is 10.2. The predicted octanol–water partition coefficient (Wildman–Crippen LogP) is 3.55. The highest BCUT2D eigenvalue weighted by molar-refractivity contribution is 7.92. The van der Waals surface area contributed by atoms with Crippen LogP contribution in [0.25, 0.3) is 0 Å². The first-order chi connectivity index (χ1) is 10.4. The van der Waals surface area contributed by atoms with Gasteiger partial charge < -0.3 is 4.90 Å². The Morgan fingerprint density at radius 2 is 1.73 bits per heavy atom. The molecule has 2 aromatic carbocycles. The second-order valence-electron chi connectivity index (χ2n) is 4.77. The van der Waals surface area contributed by atoms with Crippen molar-refractivity contribution in [2.24, 2.45) is 0 Å². The molecule has 0 fully saturated rings. The number of sulfone groups is 1. The van der Waals surface area contributed by atoms with Crippen molar-refractivity contribution in [3.05, 3.63) is 51.5 Å². The third-order valence-electron chi connectivity index (χ3n) is 3.55. The molecule has 114 valence electrons. The van der Waals surface area contributed by atoms with Crippen LogP contribution in [0.5, 0.6) is 0 Å². The van der Waals surface area contributed by atoms with Crippen LogP contribution in [0.15, 0.2) is 46.2 Å². The monoisotopic (exact) mass is 338 g/mol. The van der Waals surface area contributed by atoms with Crippen LogP contribution in [0.2, 0.25) is 5.02 Å². The Hall–Kier alpha value is -2.12. The van der Waals surface area contributed by atoms with Crippen molar-refractivity contribution in [2.75, 3.05) is 11.4 Å². The van der Waals surface area contributed by atoms with Crippen molar-refractivity contribution in [2.45, 2.75) is 16.7 Å². The van der Waals surface area contributed by atoms with Crippen LogP contribution in [-0.4, -0.2) is 19.9 Å². The zero-order valence-corrected chi connectivity index (χ0v) is 13.1. The smallest absolute Gasteiger partial charge is 0.270 e. The molecule has 0 N–H and O–H groups in total. The summed E-state index contributed by atoms with van der Waals surface area (Å²) >= 11 is 5.91. The third-order valence-corrected chi connectivity index (χ3v) is 5.60. The molecule has 0 amide bonds. The summed E-state index contributed by atoms with van der Waals surface area (Å²) in [6.45, 7) is 2.40. The number of nitrogens with zero attached hydrogens (tertiary/aromatic N) is 2. The average Bonchev–Trinajstić information content (AvgIpc) is 2.48. The molecule has 0 bridgehead atoms. The number of non-ortho nitro benzene ring substituents is 1. The van der Waals surface area contributed by atoms with E-state index in [4.69, 9.17) is 11.6 Å². The molecule has 22 heavy (non-hydrogen) atoms. The second-order valence-corrected chi connectivity index (χ2v) is 7.09. The van der Waals surface area contributed by atoms with E-state index >= 15 is 0 Å². The van der Waals surface area contributed by atoms with Gasteiger partial charge in [0.05, 0.1) is 21.2 Å². The van der Waals surface area contributed by atoms with Crippen molar-refractivity contribution in [3.63, 3.8) is 0 Å². The Bertz CT molecular complexity index is 896. The van der Waals surface area contributed by atoms with Crippen LogP contribution in [0.1, 0.15) is 6.92 Å². The summed E-state index contributed by atoms with van der Waals surface area (Å²) in [5, 5.41) is 11.2. The van der Waals surface area contributed by atoms with E-state index in [2.05, 4.69) is 0 Å². The highest BCUT2D eigenvalue weighted by Gasteiger charge is 2.35. The summed E-state index contributed by atoms with van der Waals surface area (Å²) in [7, 11) is -3.85. The molecule has 1 aliphatic rings. The van der Waals surface area contributed by atoms with Gasteiger partial charge in [-0.1, -0.05) is 11.6 Å². The molecule has 0 saturated carbocycles. The van der Waals surface area contributed by atoms with Crippen LogP contribution in [0.3, 0.4) is 0 Å². The fourth-order valence-corrected chi connectivity index (χ4v) is 4.51. The SMILES string of the molecule is CCN1c2ccc(Cl)cc2S(=O)(=O)c2cc([N+](=O)[O-])ccc21. The van der Waals surface area contributed by atoms with Gasteiger partial charge in [0.1, 0.15) is 4.90 Å². The van der Waals surface area contributed by atoms with E-state index < -0.39 is 14.8 Å². The molecular weight excluding hydrogens is 328 g/mol. The number of rotatable bonds is 2. The van der Waals surface area contributed by atoms with Gasteiger partial charge in [0.2, 0.25) is 9.84 Å². The standard InChI is InChI=1S/C14H11ClN2O4S/c1-2-16-11-5-3-9(15)7-13(11)22(20,21)14-8-10(17(18)19)4-6-12(14)16/h3-8H,2H2,1H3. The molecule has 0 atom stereocenters. The van der Waals surface area contributed by atoms with E-state index in [0.29, 0.717) is 22.9 Å². The Balaban J connectivity index is 2.36. The number of hydrogen-bond donors (Lipinski definition) is 0. The van der Waals surface area contributed by atoms with Crippen molar-refractivity contribution >= 4 is 38.5 Å². The topological polar surface area (TPSA) is 80.5 Å². The first-order valence-electron chi connectivity index (χ1n) is 6.47. The Morgan fingerprint density at radius 1 is 1.14 bits per heavy atom. The summed E-state index contributed by atoms with van der Waals surface area (Å²) in [6.07, 6.45) is 0. The van der Waals surface area contributed by atoms with E-state index in [0.717, 1.165) is 6.07 Å². The number of anilines is 2. The van der Waals surface area contributed by atoms with E-state index in [-0.39, 0.29) is 15.5 Å². The fraction of sp³-hybridized carbons (Fsp3) is 0.143. The maximum absolute atomic E-state index is 12.8. The molecule has 1 aliphatic heterocycles. The Kier molecular flexibility index (Phi) is 3.34. The molecule has 0 spiro atoms. The lowest BCUT2D eigenvalue weighted by molar-refractivity contribution is -0.385. The molecule has 0 aromatic heterocycles. The van der Waals surface area contributed by atoms with Gasteiger partial charge in [0.25, 0.3) is 5.69 Å². The van der Waals surface area contributed by atoms with Crippen LogP contribution >= 0.6 is 11.6 Å². The van der Waals surface area contributed by atoms with Crippen molar-refractivity contribution in [1.82, 2.24) is 0 Å². The molecule has 0 saturated heterocycles. The van der Waals surface area contributed by atoms with Gasteiger partial charge in [-0.05, 0) is 31.2 Å². The minimum Gasteiger partial charge on any atom is -0.340 e. The van der Waals surface area contributed by atoms with Gasteiger partial charge in [-0.2, -0.15) is 0 Å². The predicted molar refractivity (Wildman–Crippen MR) is 82.7 cm³/mol. The first-order valence-corrected chi connectivity index (χ1v) is 8.33. The number of halogens is 1. The number of fused-ring (bicyclic) bond motifs is 2. The van der Waals surface area contributed by atoms with E-state index in [1.54, 1.807) is 17.0 Å². The molecule has 8 heteroatoms. The molecule has 0 radical (unpaired) electrons. The van der Waals surface area contributed by atoms with Crippen molar-refractivity contribution in [3.8, 4) is 0 Å². The largest absolute Gasteiger partial charge is 0.340 e. The molecule has 0 aliphatic carbocycles. The van der Waals surface area contributed by atoms with Crippen LogP contribution in [0.4, 0.5) is 17.1 Å². The molecule has 0 unspecified atom stereocenters. The number of nitro groups is 1. The number of benzene rings is 2. The van der Waals surface area contributed by atoms with E-state index in [9.17, 15) is 18.5 Å². The minimum absolute atomic E-state index is 0.0647. The zero-order chi connectivity index (χ0) is 16.1.